The van der Waals surface area contributed by atoms with E-state index in [0.29, 0.717) is 12.8 Å². The quantitative estimate of drug-likeness (QED) is 0.655. The second kappa shape index (κ2) is 5.59. The van der Waals surface area contributed by atoms with Crippen LogP contribution >= 0.6 is 0 Å². The molecule has 0 aliphatic heterocycles. The van der Waals surface area contributed by atoms with Crippen LogP contribution in [0.5, 0.6) is 0 Å². The number of hydrogen-bond donors (Lipinski definition) is 2. The summed E-state index contributed by atoms with van der Waals surface area (Å²) >= 11 is 0. The Labute approximate surface area is 83.4 Å². The Hall–Kier alpha value is -1.10. The predicted octanol–water partition coefficient (Wildman–Crippen LogP) is 0.392. The first-order valence-corrected chi connectivity index (χ1v) is 4.55. The third kappa shape index (κ3) is 2.99. The zero-order valence-corrected chi connectivity index (χ0v) is 8.79. The molecule has 0 aliphatic carbocycles. The zero-order chi connectivity index (χ0) is 11.2. The normalized spacial score (nSPS) is 11.1. The highest BCUT2D eigenvalue weighted by atomic mass is 16.5. The van der Waals surface area contributed by atoms with E-state index >= 15 is 0 Å². The van der Waals surface area contributed by atoms with Crippen LogP contribution in [-0.2, 0) is 14.3 Å². The number of amides is 1. The summed E-state index contributed by atoms with van der Waals surface area (Å²) in [7, 11) is 1.39. The third-order valence-corrected chi connectivity index (χ3v) is 2.27. The summed E-state index contributed by atoms with van der Waals surface area (Å²) in [6, 6.07) is 0. The lowest BCUT2D eigenvalue weighted by Gasteiger charge is -2.27. The second-order valence-electron chi connectivity index (χ2n) is 3.08. The van der Waals surface area contributed by atoms with Gasteiger partial charge in [-0.05, 0) is 12.8 Å². The number of aliphatic carboxylic acids is 1. The fraction of sp³-hybridized carbons (Fsp3) is 0.778. The molecule has 82 valence electrons. The van der Waals surface area contributed by atoms with Crippen LogP contribution in [0.4, 0.5) is 0 Å². The Kier molecular flexibility index (Phi) is 5.15. The molecule has 0 aromatic rings. The van der Waals surface area contributed by atoms with Gasteiger partial charge in [0.1, 0.15) is 12.1 Å². The average Bonchev–Trinajstić information content (AvgIpc) is 2.14. The number of carboxylic acid groups (broad SMARTS) is 1. The first-order valence-electron chi connectivity index (χ1n) is 4.55. The molecule has 5 heteroatoms. The molecule has 0 aliphatic rings. The van der Waals surface area contributed by atoms with E-state index in [1.54, 1.807) is 13.8 Å². The van der Waals surface area contributed by atoms with Gasteiger partial charge < -0.3 is 15.2 Å². The van der Waals surface area contributed by atoms with E-state index in [0.717, 1.165) is 0 Å². The van der Waals surface area contributed by atoms with Crippen molar-refractivity contribution in [2.45, 2.75) is 32.2 Å². The molecule has 2 N–H and O–H groups in total. The molecule has 0 fully saturated rings. The van der Waals surface area contributed by atoms with Crippen molar-refractivity contribution in [2.75, 3.05) is 13.7 Å². The molecule has 0 rings (SSSR count). The summed E-state index contributed by atoms with van der Waals surface area (Å²) in [6.45, 7) is 3.34. The largest absolute Gasteiger partial charge is 0.480 e. The highest BCUT2D eigenvalue weighted by Crippen LogP contribution is 2.15. The Balaban J connectivity index is 4.51. The van der Waals surface area contributed by atoms with Gasteiger partial charge >= 0.3 is 5.97 Å². The van der Waals surface area contributed by atoms with Gasteiger partial charge in [-0.3, -0.25) is 4.79 Å². The van der Waals surface area contributed by atoms with Crippen molar-refractivity contribution in [3.63, 3.8) is 0 Å². The summed E-state index contributed by atoms with van der Waals surface area (Å²) in [5, 5.41) is 11.5. The standard InChI is InChI=1S/C9H17NO4/c1-4-9(5-2,8(12)13)10-7(11)6-14-3/h4-6H2,1-3H3,(H,10,11)(H,12,13). The average molecular weight is 203 g/mol. The van der Waals surface area contributed by atoms with Gasteiger partial charge in [0, 0.05) is 7.11 Å². The minimum Gasteiger partial charge on any atom is -0.480 e. The molecule has 14 heavy (non-hydrogen) atoms. The van der Waals surface area contributed by atoms with E-state index in [2.05, 4.69) is 10.1 Å². The summed E-state index contributed by atoms with van der Waals surface area (Å²) in [6.07, 6.45) is 0.711. The van der Waals surface area contributed by atoms with Crippen LogP contribution in [-0.4, -0.2) is 36.2 Å². The van der Waals surface area contributed by atoms with Crippen molar-refractivity contribution in [3.8, 4) is 0 Å². The first kappa shape index (κ1) is 12.9. The van der Waals surface area contributed by atoms with Gasteiger partial charge in [-0.25, -0.2) is 4.79 Å². The number of ether oxygens (including phenoxy) is 1. The van der Waals surface area contributed by atoms with Crippen LogP contribution in [0.25, 0.3) is 0 Å². The summed E-state index contributed by atoms with van der Waals surface area (Å²) < 4.78 is 4.61. The van der Waals surface area contributed by atoms with Crippen LogP contribution in [0.1, 0.15) is 26.7 Å². The van der Waals surface area contributed by atoms with Crippen LogP contribution in [0, 0.1) is 0 Å². The topological polar surface area (TPSA) is 75.6 Å². The molecular formula is C9H17NO4. The van der Waals surface area contributed by atoms with Gasteiger partial charge in [-0.15, -0.1) is 0 Å². The highest BCUT2D eigenvalue weighted by Gasteiger charge is 2.36. The Morgan fingerprint density at radius 1 is 1.36 bits per heavy atom. The van der Waals surface area contributed by atoms with Gasteiger partial charge in [0.25, 0.3) is 0 Å². The minimum absolute atomic E-state index is 0.116. The lowest BCUT2D eigenvalue weighted by Crippen LogP contribution is -2.54. The van der Waals surface area contributed by atoms with Crippen LogP contribution < -0.4 is 5.32 Å². The summed E-state index contributed by atoms with van der Waals surface area (Å²) in [4.78, 5) is 22.1. The van der Waals surface area contributed by atoms with Crippen molar-refractivity contribution < 1.29 is 19.4 Å². The number of carbonyl (C=O) groups excluding carboxylic acids is 1. The molecule has 0 saturated heterocycles. The number of carboxylic acids is 1. The molecule has 0 bridgehead atoms. The predicted molar refractivity (Wildman–Crippen MR) is 51.0 cm³/mol. The fourth-order valence-corrected chi connectivity index (χ4v) is 1.22. The molecular weight excluding hydrogens is 186 g/mol. The van der Waals surface area contributed by atoms with Crippen molar-refractivity contribution in [1.82, 2.24) is 5.32 Å². The monoisotopic (exact) mass is 203 g/mol. The zero-order valence-electron chi connectivity index (χ0n) is 8.79. The molecule has 0 saturated carbocycles. The molecule has 0 spiro atoms. The molecule has 0 atom stereocenters. The fourth-order valence-electron chi connectivity index (χ4n) is 1.22. The Morgan fingerprint density at radius 3 is 2.14 bits per heavy atom. The third-order valence-electron chi connectivity index (χ3n) is 2.27. The highest BCUT2D eigenvalue weighted by molar-refractivity contribution is 5.87. The van der Waals surface area contributed by atoms with E-state index in [1.807, 2.05) is 0 Å². The maximum absolute atomic E-state index is 11.2. The molecule has 0 radical (unpaired) electrons. The van der Waals surface area contributed by atoms with Crippen molar-refractivity contribution in [3.05, 3.63) is 0 Å². The van der Waals surface area contributed by atoms with E-state index < -0.39 is 17.4 Å². The molecule has 1 amide bonds. The van der Waals surface area contributed by atoms with Crippen LogP contribution in [0.15, 0.2) is 0 Å². The number of carbonyl (C=O) groups is 2. The van der Waals surface area contributed by atoms with Crippen LogP contribution in [0.3, 0.4) is 0 Å². The second-order valence-corrected chi connectivity index (χ2v) is 3.08. The lowest BCUT2D eigenvalue weighted by molar-refractivity contribution is -0.148. The molecule has 0 unspecified atom stereocenters. The number of nitrogens with one attached hydrogen (secondary N) is 1. The maximum Gasteiger partial charge on any atom is 0.329 e. The molecule has 0 heterocycles. The maximum atomic E-state index is 11.2. The SMILES string of the molecule is CCC(CC)(NC(=O)COC)C(=O)O. The van der Waals surface area contributed by atoms with E-state index in [4.69, 9.17) is 5.11 Å². The Morgan fingerprint density at radius 2 is 1.86 bits per heavy atom. The summed E-state index contributed by atoms with van der Waals surface area (Å²) in [5.74, 6) is -1.41. The van der Waals surface area contributed by atoms with Crippen LogP contribution in [0.2, 0.25) is 0 Å². The number of rotatable bonds is 6. The Bertz CT molecular complexity index is 211. The van der Waals surface area contributed by atoms with Gasteiger partial charge in [0.2, 0.25) is 5.91 Å². The van der Waals surface area contributed by atoms with Crippen molar-refractivity contribution >= 4 is 11.9 Å². The van der Waals surface area contributed by atoms with E-state index in [9.17, 15) is 9.59 Å². The summed E-state index contributed by atoms with van der Waals surface area (Å²) in [5.41, 5.74) is -1.16. The van der Waals surface area contributed by atoms with E-state index in [-0.39, 0.29) is 6.61 Å². The van der Waals surface area contributed by atoms with Gasteiger partial charge in [0.05, 0.1) is 0 Å². The molecule has 0 aromatic carbocycles. The number of hydrogen-bond acceptors (Lipinski definition) is 3. The first-order chi connectivity index (χ1) is 6.52. The lowest BCUT2D eigenvalue weighted by atomic mass is 9.93. The minimum atomic E-state index is -1.16. The van der Waals surface area contributed by atoms with Crippen molar-refractivity contribution in [1.29, 1.82) is 0 Å². The molecule has 5 nitrogen and oxygen atoms in total. The van der Waals surface area contributed by atoms with E-state index in [1.165, 1.54) is 7.11 Å². The van der Waals surface area contributed by atoms with Gasteiger partial charge in [0.15, 0.2) is 0 Å². The number of methoxy groups -OCH3 is 1. The smallest absolute Gasteiger partial charge is 0.329 e. The van der Waals surface area contributed by atoms with Gasteiger partial charge in [-0.1, -0.05) is 13.8 Å². The van der Waals surface area contributed by atoms with Gasteiger partial charge in [-0.2, -0.15) is 0 Å². The molecule has 0 aromatic heterocycles. The van der Waals surface area contributed by atoms with Crippen molar-refractivity contribution in [2.24, 2.45) is 0 Å².